The van der Waals surface area contributed by atoms with Crippen molar-refractivity contribution in [3.63, 3.8) is 0 Å². The minimum Gasteiger partial charge on any atom is -0.504 e. The lowest BCUT2D eigenvalue weighted by molar-refractivity contribution is 0.409. The van der Waals surface area contributed by atoms with Crippen molar-refractivity contribution >= 4 is 10.1 Å². The van der Waals surface area contributed by atoms with E-state index in [0.717, 1.165) is 18.4 Å². The average Bonchev–Trinajstić information content (AvgIpc) is 2.74. The van der Waals surface area contributed by atoms with E-state index in [-0.39, 0.29) is 22.1 Å². The second-order valence-corrected chi connectivity index (χ2v) is 9.56. The van der Waals surface area contributed by atoms with E-state index < -0.39 is 10.1 Å². The second kappa shape index (κ2) is 13.4. The Morgan fingerprint density at radius 1 is 0.806 bits per heavy atom. The van der Waals surface area contributed by atoms with Gasteiger partial charge < -0.3 is 9.84 Å². The van der Waals surface area contributed by atoms with E-state index in [4.69, 9.17) is 4.74 Å². The Kier molecular flexibility index (Phi) is 10.9. The summed E-state index contributed by atoms with van der Waals surface area (Å²) in [5, 5.41) is 10.1. The third-order valence-corrected chi connectivity index (χ3v) is 6.27. The van der Waals surface area contributed by atoms with Gasteiger partial charge in [-0.25, -0.2) is 0 Å². The van der Waals surface area contributed by atoms with Crippen LogP contribution in [0.25, 0.3) is 0 Å². The van der Waals surface area contributed by atoms with Gasteiger partial charge in [-0.2, -0.15) is 8.42 Å². The molecule has 172 valence electrons. The topological polar surface area (TPSA) is 83.8 Å². The Labute approximate surface area is 187 Å². The maximum absolute atomic E-state index is 11.3. The summed E-state index contributed by atoms with van der Waals surface area (Å²) in [5.74, 6) is 0.491. The standard InChI is InChI=1S/C25H36O5S/c1-2-3-4-5-6-7-8-9-10-11-12-14-21-17-18-24(26)25(19-21)30-22-15-13-16-23(20-22)31(27,28)29/h13,15-20,26H,2-12,14H2,1H3,(H,27,28,29). The fourth-order valence-electron chi connectivity index (χ4n) is 3.61. The Balaban J connectivity index is 1.74. The first-order chi connectivity index (χ1) is 14.9. The molecule has 0 atom stereocenters. The number of hydrogen-bond donors (Lipinski definition) is 2. The molecule has 0 saturated heterocycles. The molecule has 0 amide bonds. The molecule has 0 unspecified atom stereocenters. The fourth-order valence-corrected chi connectivity index (χ4v) is 4.13. The van der Waals surface area contributed by atoms with Crippen LogP contribution in [0.1, 0.15) is 83.1 Å². The highest BCUT2D eigenvalue weighted by Crippen LogP contribution is 2.32. The van der Waals surface area contributed by atoms with E-state index in [9.17, 15) is 18.1 Å². The smallest absolute Gasteiger partial charge is 0.294 e. The molecule has 0 saturated carbocycles. The molecular weight excluding hydrogens is 412 g/mol. The SMILES string of the molecule is CCCCCCCCCCCCCc1ccc(O)c(Oc2cccc(S(=O)(=O)O)c2)c1. The van der Waals surface area contributed by atoms with Gasteiger partial charge in [0.15, 0.2) is 11.5 Å². The number of rotatable bonds is 15. The summed E-state index contributed by atoms with van der Waals surface area (Å²) in [6.45, 7) is 2.25. The fraction of sp³-hybridized carbons (Fsp3) is 0.520. The molecule has 2 rings (SSSR count). The molecule has 6 heteroatoms. The number of hydrogen-bond acceptors (Lipinski definition) is 4. The first kappa shape index (κ1) is 25.2. The van der Waals surface area contributed by atoms with Crippen LogP contribution in [0.2, 0.25) is 0 Å². The molecule has 2 N–H and O–H groups in total. The van der Waals surface area contributed by atoms with Gasteiger partial charge in [0, 0.05) is 6.07 Å². The van der Waals surface area contributed by atoms with Crippen molar-refractivity contribution in [2.24, 2.45) is 0 Å². The zero-order valence-corrected chi connectivity index (χ0v) is 19.4. The summed E-state index contributed by atoms with van der Waals surface area (Å²) in [4.78, 5) is -0.249. The Morgan fingerprint density at radius 2 is 1.42 bits per heavy atom. The number of phenols is 1. The van der Waals surface area contributed by atoms with Crippen LogP contribution in [0.4, 0.5) is 0 Å². The third-order valence-electron chi connectivity index (χ3n) is 5.42. The molecule has 5 nitrogen and oxygen atoms in total. The number of unbranched alkanes of at least 4 members (excludes halogenated alkanes) is 10. The summed E-state index contributed by atoms with van der Waals surface area (Å²) >= 11 is 0. The second-order valence-electron chi connectivity index (χ2n) is 8.14. The lowest BCUT2D eigenvalue weighted by Crippen LogP contribution is -1.98. The number of ether oxygens (including phenoxy) is 1. The van der Waals surface area contributed by atoms with Crippen molar-refractivity contribution < 1.29 is 22.8 Å². The summed E-state index contributed by atoms with van der Waals surface area (Å²) in [6, 6.07) is 10.8. The van der Waals surface area contributed by atoms with Crippen LogP contribution in [0, 0.1) is 0 Å². The minimum absolute atomic E-state index is 0.0139. The first-order valence-electron chi connectivity index (χ1n) is 11.5. The molecule has 2 aromatic carbocycles. The zero-order chi connectivity index (χ0) is 22.5. The van der Waals surface area contributed by atoms with Crippen LogP contribution >= 0.6 is 0 Å². The molecule has 0 spiro atoms. The molecule has 0 aliphatic rings. The monoisotopic (exact) mass is 448 g/mol. The van der Waals surface area contributed by atoms with Gasteiger partial charge in [0.1, 0.15) is 5.75 Å². The summed E-state index contributed by atoms with van der Waals surface area (Å²) in [5.41, 5.74) is 1.06. The number of aromatic hydroxyl groups is 1. The lowest BCUT2D eigenvalue weighted by Gasteiger charge is -2.10. The Hall–Kier alpha value is -2.05. The van der Waals surface area contributed by atoms with E-state index in [1.807, 2.05) is 6.07 Å². The van der Waals surface area contributed by atoms with Gasteiger partial charge in [-0.15, -0.1) is 0 Å². The van der Waals surface area contributed by atoms with Crippen LogP contribution in [-0.2, 0) is 16.5 Å². The van der Waals surface area contributed by atoms with Crippen LogP contribution in [0.15, 0.2) is 47.4 Å². The van der Waals surface area contributed by atoms with E-state index in [1.165, 1.54) is 82.4 Å². The minimum atomic E-state index is -4.31. The molecule has 0 aromatic heterocycles. The molecular formula is C25H36O5S. The van der Waals surface area contributed by atoms with Gasteiger partial charge in [-0.3, -0.25) is 4.55 Å². The Morgan fingerprint density at radius 3 is 2.03 bits per heavy atom. The summed E-state index contributed by atoms with van der Waals surface area (Å²) < 4.78 is 37.4. The van der Waals surface area contributed by atoms with Crippen molar-refractivity contribution in [3.8, 4) is 17.2 Å². The quantitative estimate of drug-likeness (QED) is 0.221. The van der Waals surface area contributed by atoms with E-state index >= 15 is 0 Å². The Bertz CT molecular complexity index is 893. The van der Waals surface area contributed by atoms with Crippen molar-refractivity contribution in [1.82, 2.24) is 0 Å². The normalized spacial score (nSPS) is 11.5. The highest BCUT2D eigenvalue weighted by Gasteiger charge is 2.12. The van der Waals surface area contributed by atoms with Gasteiger partial charge >= 0.3 is 0 Å². The predicted octanol–water partition coefficient (Wildman–Crippen LogP) is 7.28. The summed E-state index contributed by atoms with van der Waals surface area (Å²) in [6.07, 6.45) is 15.2. The average molecular weight is 449 g/mol. The number of aryl methyl sites for hydroxylation is 1. The lowest BCUT2D eigenvalue weighted by atomic mass is 10.0. The van der Waals surface area contributed by atoms with E-state index in [1.54, 1.807) is 18.2 Å². The molecule has 2 aromatic rings. The first-order valence-corrected chi connectivity index (χ1v) is 12.9. The van der Waals surface area contributed by atoms with Crippen molar-refractivity contribution in [2.45, 2.75) is 88.9 Å². The predicted molar refractivity (Wildman–Crippen MR) is 125 cm³/mol. The molecule has 0 aliphatic carbocycles. The van der Waals surface area contributed by atoms with Gasteiger partial charge in [0.25, 0.3) is 10.1 Å². The highest BCUT2D eigenvalue weighted by atomic mass is 32.2. The molecule has 0 bridgehead atoms. The van der Waals surface area contributed by atoms with Crippen LogP contribution in [0.3, 0.4) is 0 Å². The van der Waals surface area contributed by atoms with E-state index in [2.05, 4.69) is 6.92 Å². The molecule has 31 heavy (non-hydrogen) atoms. The summed E-state index contributed by atoms with van der Waals surface area (Å²) in [7, 11) is -4.31. The largest absolute Gasteiger partial charge is 0.504 e. The number of phenolic OH excluding ortho intramolecular Hbond substituents is 1. The van der Waals surface area contributed by atoms with E-state index in [0.29, 0.717) is 0 Å². The van der Waals surface area contributed by atoms with Gasteiger partial charge in [0.2, 0.25) is 0 Å². The maximum Gasteiger partial charge on any atom is 0.294 e. The van der Waals surface area contributed by atoms with Gasteiger partial charge in [-0.1, -0.05) is 83.3 Å². The molecule has 0 heterocycles. The third kappa shape index (κ3) is 9.74. The van der Waals surface area contributed by atoms with Crippen LogP contribution in [0.5, 0.6) is 17.2 Å². The number of benzene rings is 2. The molecule has 0 aliphatic heterocycles. The maximum atomic E-state index is 11.3. The molecule has 0 radical (unpaired) electrons. The molecule has 0 fully saturated rings. The van der Waals surface area contributed by atoms with Crippen molar-refractivity contribution in [2.75, 3.05) is 0 Å². The van der Waals surface area contributed by atoms with Crippen molar-refractivity contribution in [3.05, 3.63) is 48.0 Å². The van der Waals surface area contributed by atoms with Crippen LogP contribution < -0.4 is 4.74 Å². The van der Waals surface area contributed by atoms with Gasteiger partial charge in [-0.05, 0) is 42.7 Å². The van der Waals surface area contributed by atoms with Crippen LogP contribution in [-0.4, -0.2) is 18.1 Å². The van der Waals surface area contributed by atoms with Crippen molar-refractivity contribution in [1.29, 1.82) is 0 Å². The highest BCUT2D eigenvalue weighted by molar-refractivity contribution is 7.85. The van der Waals surface area contributed by atoms with Gasteiger partial charge in [0.05, 0.1) is 4.90 Å². The zero-order valence-electron chi connectivity index (χ0n) is 18.6.